The number of ether oxygens (including phenoxy) is 1. The number of hydrogen-bond acceptors (Lipinski definition) is 4. The number of rotatable bonds is 5. The number of hydrogen-bond donors (Lipinski definition) is 2. The first-order valence-corrected chi connectivity index (χ1v) is 8.36. The molecule has 0 atom stereocenters. The fourth-order valence-corrected chi connectivity index (χ4v) is 2.66. The van der Waals surface area contributed by atoms with Gasteiger partial charge in [-0.2, -0.15) is 0 Å². The molecule has 132 valence electrons. The lowest BCUT2D eigenvalue weighted by Gasteiger charge is -2.11. The van der Waals surface area contributed by atoms with E-state index in [4.69, 9.17) is 16.3 Å². The Hall–Kier alpha value is -3.05. The molecule has 1 heterocycles. The molecule has 0 saturated carbocycles. The summed E-state index contributed by atoms with van der Waals surface area (Å²) in [5.41, 5.74) is 3.77. The monoisotopic (exact) mass is 367 g/mol. The third kappa shape index (κ3) is 4.32. The summed E-state index contributed by atoms with van der Waals surface area (Å²) in [5, 5.41) is 6.78. The van der Waals surface area contributed by atoms with Gasteiger partial charge in [0.05, 0.1) is 24.6 Å². The Balaban J connectivity index is 1.74. The molecule has 2 N–H and O–H groups in total. The van der Waals surface area contributed by atoms with E-state index < -0.39 is 0 Å². The molecule has 5 nitrogen and oxygen atoms in total. The van der Waals surface area contributed by atoms with Gasteiger partial charge < -0.3 is 15.4 Å². The molecule has 26 heavy (non-hydrogen) atoms. The second-order valence-electron chi connectivity index (χ2n) is 5.73. The summed E-state index contributed by atoms with van der Waals surface area (Å²) in [6, 6.07) is 14.5. The lowest BCUT2D eigenvalue weighted by molar-refractivity contribution is 0.102. The minimum atomic E-state index is -0.237. The van der Waals surface area contributed by atoms with Gasteiger partial charge >= 0.3 is 0 Å². The predicted molar refractivity (Wildman–Crippen MR) is 105 cm³/mol. The molecule has 1 amide bonds. The van der Waals surface area contributed by atoms with E-state index in [1.54, 1.807) is 43.6 Å². The second kappa shape index (κ2) is 7.89. The smallest absolute Gasteiger partial charge is 0.257 e. The van der Waals surface area contributed by atoms with Crippen LogP contribution in [0.3, 0.4) is 0 Å². The summed E-state index contributed by atoms with van der Waals surface area (Å²) in [5.74, 6) is 0.494. The van der Waals surface area contributed by atoms with E-state index in [1.165, 1.54) is 6.20 Å². The molecule has 0 saturated heterocycles. The van der Waals surface area contributed by atoms with Crippen molar-refractivity contribution in [1.29, 1.82) is 0 Å². The van der Waals surface area contributed by atoms with Crippen molar-refractivity contribution in [1.82, 2.24) is 4.98 Å². The lowest BCUT2D eigenvalue weighted by Crippen LogP contribution is -2.12. The molecule has 0 fully saturated rings. The van der Waals surface area contributed by atoms with Gasteiger partial charge in [-0.1, -0.05) is 11.6 Å². The first-order chi connectivity index (χ1) is 12.5. The van der Waals surface area contributed by atoms with Crippen LogP contribution in [-0.4, -0.2) is 18.0 Å². The molecule has 0 bridgehead atoms. The Morgan fingerprint density at radius 3 is 2.50 bits per heavy atom. The SMILES string of the molecule is COc1ccc(NC(=O)c2cncc(Nc3ccc(Cl)cc3C)c2)cc1. The molecule has 3 rings (SSSR count). The zero-order valence-corrected chi connectivity index (χ0v) is 15.2. The Labute approximate surface area is 157 Å². The van der Waals surface area contributed by atoms with Gasteiger partial charge in [-0.15, -0.1) is 0 Å². The summed E-state index contributed by atoms with van der Waals surface area (Å²) in [6.07, 6.45) is 3.19. The Kier molecular flexibility index (Phi) is 5.39. The van der Waals surface area contributed by atoms with Crippen LogP contribution >= 0.6 is 11.6 Å². The van der Waals surface area contributed by atoms with Crippen LogP contribution in [0.15, 0.2) is 60.9 Å². The molecule has 6 heteroatoms. The van der Waals surface area contributed by atoms with E-state index in [1.807, 2.05) is 25.1 Å². The Bertz CT molecular complexity index is 927. The zero-order chi connectivity index (χ0) is 18.5. The number of carbonyl (C=O) groups is 1. The van der Waals surface area contributed by atoms with Crippen molar-refractivity contribution in [3.05, 3.63) is 77.1 Å². The van der Waals surface area contributed by atoms with Crippen LogP contribution in [-0.2, 0) is 0 Å². The minimum Gasteiger partial charge on any atom is -0.497 e. The number of aryl methyl sites for hydroxylation is 1. The average molecular weight is 368 g/mol. The van der Waals surface area contributed by atoms with Crippen molar-refractivity contribution < 1.29 is 9.53 Å². The number of halogens is 1. The molecular weight excluding hydrogens is 350 g/mol. The summed E-state index contributed by atoms with van der Waals surface area (Å²) >= 11 is 5.98. The number of methoxy groups -OCH3 is 1. The largest absolute Gasteiger partial charge is 0.497 e. The fourth-order valence-electron chi connectivity index (χ4n) is 2.43. The number of nitrogens with one attached hydrogen (secondary N) is 2. The van der Waals surface area contributed by atoms with Crippen LogP contribution in [0.5, 0.6) is 5.75 Å². The van der Waals surface area contributed by atoms with Gasteiger partial charge in [0.15, 0.2) is 0 Å². The molecule has 0 aliphatic heterocycles. The highest BCUT2D eigenvalue weighted by Gasteiger charge is 2.09. The third-order valence-electron chi connectivity index (χ3n) is 3.82. The van der Waals surface area contributed by atoms with E-state index in [-0.39, 0.29) is 5.91 Å². The zero-order valence-electron chi connectivity index (χ0n) is 14.4. The number of amides is 1. The standard InChI is InChI=1S/C20H18ClN3O2/c1-13-9-15(21)3-8-19(13)23-17-10-14(11-22-12-17)20(25)24-16-4-6-18(26-2)7-5-16/h3-12,23H,1-2H3,(H,24,25). The lowest BCUT2D eigenvalue weighted by atomic mass is 10.2. The maximum atomic E-state index is 12.5. The Morgan fingerprint density at radius 1 is 1.04 bits per heavy atom. The van der Waals surface area contributed by atoms with Crippen molar-refractivity contribution in [2.24, 2.45) is 0 Å². The van der Waals surface area contributed by atoms with Crippen LogP contribution in [0.4, 0.5) is 17.1 Å². The normalized spacial score (nSPS) is 10.3. The molecule has 0 aliphatic carbocycles. The summed E-state index contributed by atoms with van der Waals surface area (Å²) < 4.78 is 5.11. The highest BCUT2D eigenvalue weighted by Crippen LogP contribution is 2.24. The second-order valence-corrected chi connectivity index (χ2v) is 6.17. The molecular formula is C20H18ClN3O2. The van der Waals surface area contributed by atoms with Crippen molar-refractivity contribution in [3.63, 3.8) is 0 Å². The van der Waals surface area contributed by atoms with Gasteiger partial charge in [0, 0.05) is 22.6 Å². The number of carbonyl (C=O) groups excluding carboxylic acids is 1. The van der Waals surface area contributed by atoms with Crippen LogP contribution < -0.4 is 15.4 Å². The van der Waals surface area contributed by atoms with Crippen LogP contribution in [0.1, 0.15) is 15.9 Å². The third-order valence-corrected chi connectivity index (χ3v) is 4.05. The van der Waals surface area contributed by atoms with Crippen molar-refractivity contribution in [2.75, 3.05) is 17.7 Å². The van der Waals surface area contributed by atoms with Gasteiger partial charge in [-0.25, -0.2) is 0 Å². The van der Waals surface area contributed by atoms with Crippen molar-refractivity contribution in [2.45, 2.75) is 6.92 Å². The molecule has 0 spiro atoms. The molecule has 0 aliphatic rings. The molecule has 0 unspecified atom stereocenters. The Morgan fingerprint density at radius 2 is 1.81 bits per heavy atom. The number of pyridine rings is 1. The van der Waals surface area contributed by atoms with Gasteiger partial charge in [0.1, 0.15) is 5.75 Å². The molecule has 1 aromatic heterocycles. The first kappa shape index (κ1) is 17.8. The average Bonchev–Trinajstić information content (AvgIpc) is 2.65. The number of aromatic nitrogens is 1. The van der Waals surface area contributed by atoms with Gasteiger partial charge in [-0.05, 0) is 61.0 Å². The highest BCUT2D eigenvalue weighted by molar-refractivity contribution is 6.30. The molecule has 0 radical (unpaired) electrons. The molecule has 2 aromatic carbocycles. The van der Waals surface area contributed by atoms with Crippen molar-refractivity contribution >= 4 is 34.6 Å². The summed E-state index contributed by atoms with van der Waals surface area (Å²) in [7, 11) is 1.60. The van der Waals surface area contributed by atoms with Crippen molar-refractivity contribution in [3.8, 4) is 5.75 Å². The van der Waals surface area contributed by atoms with E-state index in [9.17, 15) is 4.79 Å². The van der Waals surface area contributed by atoms with E-state index in [2.05, 4.69) is 15.6 Å². The maximum absolute atomic E-state index is 12.5. The maximum Gasteiger partial charge on any atom is 0.257 e. The number of benzene rings is 2. The topological polar surface area (TPSA) is 63.2 Å². The number of nitrogens with zero attached hydrogens (tertiary/aromatic N) is 1. The van der Waals surface area contributed by atoms with Gasteiger partial charge in [-0.3, -0.25) is 9.78 Å². The van der Waals surface area contributed by atoms with Gasteiger partial charge in [0.2, 0.25) is 0 Å². The van der Waals surface area contributed by atoms with Crippen LogP contribution in [0, 0.1) is 6.92 Å². The summed E-state index contributed by atoms with van der Waals surface area (Å²) in [6.45, 7) is 1.96. The predicted octanol–water partition coefficient (Wildman–Crippen LogP) is 5.05. The van der Waals surface area contributed by atoms with Crippen LogP contribution in [0.2, 0.25) is 5.02 Å². The quantitative estimate of drug-likeness (QED) is 0.662. The van der Waals surface area contributed by atoms with E-state index >= 15 is 0 Å². The van der Waals surface area contributed by atoms with E-state index in [0.29, 0.717) is 16.3 Å². The summed E-state index contributed by atoms with van der Waals surface area (Å²) in [4.78, 5) is 16.6. The van der Waals surface area contributed by atoms with Gasteiger partial charge in [0.25, 0.3) is 5.91 Å². The van der Waals surface area contributed by atoms with E-state index in [0.717, 1.165) is 22.7 Å². The first-order valence-electron chi connectivity index (χ1n) is 7.99. The fraction of sp³-hybridized carbons (Fsp3) is 0.100. The van der Waals surface area contributed by atoms with Crippen LogP contribution in [0.25, 0.3) is 0 Å². The minimum absolute atomic E-state index is 0.237. The number of anilines is 3. The molecule has 3 aromatic rings. The highest BCUT2D eigenvalue weighted by atomic mass is 35.5.